The molecule has 1 heterocycles. The van der Waals surface area contributed by atoms with Crippen molar-refractivity contribution in [2.45, 2.75) is 13.0 Å². The lowest BCUT2D eigenvalue weighted by Crippen LogP contribution is -2.37. The van der Waals surface area contributed by atoms with Gasteiger partial charge in [-0.05, 0) is 43.3 Å². The van der Waals surface area contributed by atoms with Crippen molar-refractivity contribution in [3.05, 3.63) is 47.5 Å². The average molecular weight is 333 g/mol. The SMILES string of the molecule is CC(Oc1ccc(Oc2nc3ccc(Cl)cc3o2)cc1)C(=O)[O-]. The number of oxazole rings is 1. The summed E-state index contributed by atoms with van der Waals surface area (Å²) in [5, 5.41) is 11.2. The number of benzene rings is 2. The molecule has 0 amide bonds. The normalized spacial score (nSPS) is 12.1. The van der Waals surface area contributed by atoms with Crippen LogP contribution < -0.4 is 14.6 Å². The van der Waals surface area contributed by atoms with Crippen LogP contribution >= 0.6 is 11.6 Å². The third kappa shape index (κ3) is 3.54. The molecule has 1 atom stereocenters. The van der Waals surface area contributed by atoms with E-state index in [-0.39, 0.29) is 6.08 Å². The summed E-state index contributed by atoms with van der Waals surface area (Å²) < 4.78 is 16.1. The van der Waals surface area contributed by atoms with Crippen LogP contribution in [0.4, 0.5) is 0 Å². The van der Waals surface area contributed by atoms with E-state index in [0.29, 0.717) is 27.6 Å². The molecule has 0 spiro atoms. The maximum Gasteiger partial charge on any atom is 0.400 e. The third-order valence-corrected chi connectivity index (χ3v) is 3.24. The number of hydrogen-bond donors (Lipinski definition) is 0. The van der Waals surface area contributed by atoms with Gasteiger partial charge in [0.1, 0.15) is 23.1 Å². The summed E-state index contributed by atoms with van der Waals surface area (Å²) in [6.07, 6.45) is -0.956. The molecular formula is C16H11ClNO5-. The number of carboxylic acids is 1. The summed E-state index contributed by atoms with van der Waals surface area (Å²) in [6.45, 7) is 1.39. The second kappa shape index (κ2) is 6.18. The van der Waals surface area contributed by atoms with Gasteiger partial charge in [-0.25, -0.2) is 0 Å². The molecule has 0 N–H and O–H groups in total. The zero-order chi connectivity index (χ0) is 16.4. The van der Waals surface area contributed by atoms with Crippen LogP contribution in [0.3, 0.4) is 0 Å². The molecule has 7 heteroatoms. The maximum atomic E-state index is 10.6. The van der Waals surface area contributed by atoms with Crippen LogP contribution in [0.1, 0.15) is 6.92 Å². The van der Waals surface area contributed by atoms with Crippen LogP contribution in [-0.4, -0.2) is 17.1 Å². The molecule has 0 aliphatic heterocycles. The summed E-state index contributed by atoms with van der Waals surface area (Å²) in [6, 6.07) is 11.5. The third-order valence-electron chi connectivity index (χ3n) is 3.00. The number of carbonyl (C=O) groups excluding carboxylic acids is 1. The highest BCUT2D eigenvalue weighted by Gasteiger charge is 2.09. The largest absolute Gasteiger partial charge is 0.546 e. The van der Waals surface area contributed by atoms with Crippen LogP contribution in [0, 0.1) is 0 Å². The second-order valence-electron chi connectivity index (χ2n) is 4.74. The highest BCUT2D eigenvalue weighted by Crippen LogP contribution is 2.28. The molecule has 1 aromatic heterocycles. The van der Waals surface area contributed by atoms with Crippen LogP contribution in [0.5, 0.6) is 17.6 Å². The van der Waals surface area contributed by atoms with Crippen molar-refractivity contribution in [2.75, 3.05) is 0 Å². The molecular weight excluding hydrogens is 322 g/mol. The summed E-state index contributed by atoms with van der Waals surface area (Å²) in [5.41, 5.74) is 1.15. The van der Waals surface area contributed by atoms with Gasteiger partial charge in [0.05, 0.1) is 5.97 Å². The summed E-state index contributed by atoms with van der Waals surface area (Å²) >= 11 is 5.88. The van der Waals surface area contributed by atoms with Crippen molar-refractivity contribution in [3.63, 3.8) is 0 Å². The van der Waals surface area contributed by atoms with Gasteiger partial charge in [-0.2, -0.15) is 4.98 Å². The molecule has 0 bridgehead atoms. The second-order valence-corrected chi connectivity index (χ2v) is 5.18. The van der Waals surface area contributed by atoms with Crippen LogP contribution in [0.25, 0.3) is 11.1 Å². The Labute approximate surface area is 136 Å². The minimum Gasteiger partial charge on any atom is -0.546 e. The molecule has 6 nitrogen and oxygen atoms in total. The number of rotatable bonds is 5. The Hall–Kier alpha value is -2.73. The Balaban J connectivity index is 1.73. The van der Waals surface area contributed by atoms with Crippen molar-refractivity contribution >= 4 is 28.7 Å². The van der Waals surface area contributed by atoms with E-state index in [9.17, 15) is 9.90 Å². The number of ether oxygens (including phenoxy) is 2. The van der Waals surface area contributed by atoms with Crippen molar-refractivity contribution in [1.29, 1.82) is 0 Å². The van der Waals surface area contributed by atoms with E-state index in [1.807, 2.05) is 0 Å². The molecule has 0 radical (unpaired) electrons. The lowest BCUT2D eigenvalue weighted by molar-refractivity contribution is -0.312. The predicted molar refractivity (Wildman–Crippen MR) is 80.6 cm³/mol. The summed E-state index contributed by atoms with van der Waals surface area (Å²) in [4.78, 5) is 14.8. The highest BCUT2D eigenvalue weighted by molar-refractivity contribution is 6.31. The van der Waals surface area contributed by atoms with Gasteiger partial charge in [0.2, 0.25) is 0 Å². The van der Waals surface area contributed by atoms with Crippen LogP contribution in [-0.2, 0) is 4.79 Å². The molecule has 23 heavy (non-hydrogen) atoms. The van der Waals surface area contributed by atoms with Gasteiger partial charge < -0.3 is 23.8 Å². The highest BCUT2D eigenvalue weighted by atomic mass is 35.5. The van der Waals surface area contributed by atoms with Gasteiger partial charge in [-0.15, -0.1) is 0 Å². The monoisotopic (exact) mass is 332 g/mol. The Morgan fingerprint density at radius 1 is 1.22 bits per heavy atom. The van der Waals surface area contributed by atoms with E-state index in [1.165, 1.54) is 6.92 Å². The fourth-order valence-corrected chi connectivity index (χ4v) is 2.02. The first-order chi connectivity index (χ1) is 11.0. The molecule has 0 saturated carbocycles. The molecule has 3 aromatic rings. The lowest BCUT2D eigenvalue weighted by Gasteiger charge is -2.15. The molecule has 1 unspecified atom stereocenters. The number of nitrogens with zero attached hydrogens (tertiary/aromatic N) is 1. The number of hydrogen-bond acceptors (Lipinski definition) is 6. The Morgan fingerprint density at radius 2 is 1.91 bits per heavy atom. The predicted octanol–water partition coefficient (Wildman–Crippen LogP) is 2.79. The zero-order valence-corrected chi connectivity index (χ0v) is 12.7. The molecule has 0 aliphatic rings. The van der Waals surface area contributed by atoms with Gasteiger partial charge in [0.15, 0.2) is 5.58 Å². The van der Waals surface area contributed by atoms with E-state index < -0.39 is 12.1 Å². The van der Waals surface area contributed by atoms with E-state index in [0.717, 1.165) is 0 Å². The van der Waals surface area contributed by atoms with Crippen molar-refractivity contribution in [2.24, 2.45) is 0 Å². The molecule has 0 aliphatic carbocycles. The summed E-state index contributed by atoms with van der Waals surface area (Å²) in [5.74, 6) is -0.426. The first-order valence-corrected chi connectivity index (χ1v) is 7.10. The van der Waals surface area contributed by atoms with E-state index >= 15 is 0 Å². The number of aliphatic carboxylic acids is 1. The number of carbonyl (C=O) groups is 1. The molecule has 3 rings (SSSR count). The first-order valence-electron chi connectivity index (χ1n) is 6.73. The van der Waals surface area contributed by atoms with Gasteiger partial charge >= 0.3 is 6.08 Å². The van der Waals surface area contributed by atoms with E-state index in [1.54, 1.807) is 42.5 Å². The standard InChI is InChI=1S/C16H12ClNO5/c1-9(15(19)20)21-11-3-5-12(6-4-11)22-16-18-13-7-2-10(17)8-14(13)23-16/h2-9H,1H3,(H,19,20)/p-1. The lowest BCUT2D eigenvalue weighted by atomic mass is 10.3. The number of aromatic nitrogens is 1. The molecule has 2 aromatic carbocycles. The van der Waals surface area contributed by atoms with E-state index in [4.69, 9.17) is 25.5 Å². The quantitative estimate of drug-likeness (QED) is 0.714. The Morgan fingerprint density at radius 3 is 2.61 bits per heavy atom. The fourth-order valence-electron chi connectivity index (χ4n) is 1.86. The zero-order valence-electron chi connectivity index (χ0n) is 12.0. The molecule has 118 valence electrons. The Kier molecular flexibility index (Phi) is 4.08. The van der Waals surface area contributed by atoms with Gasteiger partial charge in [-0.1, -0.05) is 11.6 Å². The number of halogens is 1. The van der Waals surface area contributed by atoms with Gasteiger partial charge in [0, 0.05) is 11.1 Å². The molecule has 0 saturated heterocycles. The van der Waals surface area contributed by atoms with Crippen molar-refractivity contribution in [1.82, 2.24) is 4.98 Å². The summed E-state index contributed by atoms with van der Waals surface area (Å²) in [7, 11) is 0. The smallest absolute Gasteiger partial charge is 0.400 e. The van der Waals surface area contributed by atoms with Crippen molar-refractivity contribution in [3.8, 4) is 17.6 Å². The first kappa shape index (κ1) is 15.2. The minimum absolute atomic E-state index is 0.0824. The number of fused-ring (bicyclic) bond motifs is 1. The van der Waals surface area contributed by atoms with Crippen LogP contribution in [0.2, 0.25) is 5.02 Å². The fraction of sp³-hybridized carbons (Fsp3) is 0.125. The average Bonchev–Trinajstić information content (AvgIpc) is 2.90. The minimum atomic E-state index is -1.28. The van der Waals surface area contributed by atoms with Crippen molar-refractivity contribution < 1.29 is 23.8 Å². The number of carboxylic acid groups (broad SMARTS) is 1. The van der Waals surface area contributed by atoms with Gasteiger partial charge in [-0.3, -0.25) is 0 Å². The van der Waals surface area contributed by atoms with E-state index in [2.05, 4.69) is 4.98 Å². The topological polar surface area (TPSA) is 84.6 Å². The van der Waals surface area contributed by atoms with Crippen LogP contribution in [0.15, 0.2) is 46.9 Å². The van der Waals surface area contributed by atoms with Gasteiger partial charge in [0.25, 0.3) is 0 Å². The Bertz CT molecular complexity index is 843. The maximum absolute atomic E-state index is 10.6. The molecule has 0 fully saturated rings.